The minimum atomic E-state index is -0.418. The molecule has 140 valence electrons. The van der Waals surface area contributed by atoms with E-state index in [1.165, 1.54) is 34.6 Å². The molecule has 0 unspecified atom stereocenters. The second-order valence-electron chi connectivity index (χ2n) is 6.40. The highest BCUT2D eigenvalue weighted by atomic mass is 32.1. The molecule has 2 heterocycles. The molecule has 1 N–H and O–H groups in total. The normalized spacial score (nSPS) is 10.8. The monoisotopic (exact) mass is 392 g/mol. The number of thiazole rings is 1. The van der Waals surface area contributed by atoms with Crippen molar-refractivity contribution in [3.8, 4) is 11.3 Å². The van der Waals surface area contributed by atoms with E-state index in [4.69, 9.17) is 4.42 Å². The fourth-order valence-corrected chi connectivity index (χ4v) is 3.74. The highest BCUT2D eigenvalue weighted by molar-refractivity contribution is 7.15. The summed E-state index contributed by atoms with van der Waals surface area (Å²) in [6.07, 6.45) is 2.52. The van der Waals surface area contributed by atoms with Gasteiger partial charge in [-0.2, -0.15) is 0 Å². The topological polar surface area (TPSA) is 55.1 Å². The zero-order valence-electron chi connectivity index (χ0n) is 15.1. The lowest BCUT2D eigenvalue weighted by atomic mass is 10.1. The second-order valence-corrected chi connectivity index (χ2v) is 7.51. The van der Waals surface area contributed by atoms with Gasteiger partial charge in [0, 0.05) is 17.5 Å². The minimum Gasteiger partial charge on any atom is -0.451 e. The zero-order chi connectivity index (χ0) is 19.5. The second kappa shape index (κ2) is 7.78. The molecule has 0 fully saturated rings. The van der Waals surface area contributed by atoms with Gasteiger partial charge in [0.25, 0.3) is 5.91 Å². The molecule has 0 bridgehead atoms. The number of nitrogens with one attached hydrogen (secondary N) is 1. The molecule has 2 aromatic carbocycles. The van der Waals surface area contributed by atoms with Crippen LogP contribution in [0.3, 0.4) is 0 Å². The van der Waals surface area contributed by atoms with Gasteiger partial charge in [0.1, 0.15) is 11.6 Å². The Bertz CT molecular complexity index is 1130. The summed E-state index contributed by atoms with van der Waals surface area (Å²) in [5.74, 6) is -0.403. The average molecular weight is 392 g/mol. The fraction of sp³-hybridized carbons (Fsp3) is 0.0909. The molecular formula is C22H17FN2O2S. The lowest BCUT2D eigenvalue weighted by molar-refractivity contribution is 0.0997. The number of benzene rings is 2. The maximum Gasteiger partial charge on any atom is 0.293 e. The summed E-state index contributed by atoms with van der Waals surface area (Å²) in [6.45, 7) is 2.06. The lowest BCUT2D eigenvalue weighted by Crippen LogP contribution is -2.10. The Kier molecular flexibility index (Phi) is 5.04. The van der Waals surface area contributed by atoms with Crippen molar-refractivity contribution in [3.63, 3.8) is 0 Å². The van der Waals surface area contributed by atoms with Crippen LogP contribution in [0.2, 0.25) is 0 Å². The number of carbonyl (C=O) groups is 1. The van der Waals surface area contributed by atoms with Crippen LogP contribution in [0.5, 0.6) is 0 Å². The van der Waals surface area contributed by atoms with Gasteiger partial charge in [0.15, 0.2) is 10.9 Å². The van der Waals surface area contributed by atoms with E-state index in [9.17, 15) is 9.18 Å². The van der Waals surface area contributed by atoms with Gasteiger partial charge in [0.2, 0.25) is 0 Å². The number of aryl methyl sites for hydroxylation is 1. The SMILES string of the molecule is Cc1cccc(Cc2cnc(NC(=O)c3ccc(-c4ccccc4F)o3)s2)c1. The zero-order valence-corrected chi connectivity index (χ0v) is 15.9. The summed E-state index contributed by atoms with van der Waals surface area (Å²) in [7, 11) is 0. The number of rotatable bonds is 5. The van der Waals surface area contributed by atoms with Crippen molar-refractivity contribution in [2.75, 3.05) is 5.32 Å². The smallest absolute Gasteiger partial charge is 0.293 e. The van der Waals surface area contributed by atoms with Crippen molar-refractivity contribution in [1.29, 1.82) is 0 Å². The molecule has 0 aliphatic carbocycles. The van der Waals surface area contributed by atoms with Crippen molar-refractivity contribution in [1.82, 2.24) is 4.98 Å². The molecule has 0 saturated heterocycles. The van der Waals surface area contributed by atoms with Gasteiger partial charge in [-0.25, -0.2) is 9.37 Å². The van der Waals surface area contributed by atoms with Crippen molar-refractivity contribution in [2.24, 2.45) is 0 Å². The molecular weight excluding hydrogens is 375 g/mol. The number of aromatic nitrogens is 1. The number of amides is 1. The first kappa shape index (κ1) is 18.1. The van der Waals surface area contributed by atoms with Crippen molar-refractivity contribution in [2.45, 2.75) is 13.3 Å². The predicted octanol–water partition coefficient (Wildman–Crippen LogP) is 5.69. The van der Waals surface area contributed by atoms with Gasteiger partial charge in [-0.1, -0.05) is 42.0 Å². The summed E-state index contributed by atoms with van der Waals surface area (Å²) in [5, 5.41) is 3.23. The van der Waals surface area contributed by atoms with Gasteiger partial charge in [-0.15, -0.1) is 11.3 Å². The Hall–Kier alpha value is -3.25. The number of furan rings is 1. The summed E-state index contributed by atoms with van der Waals surface area (Å²) in [4.78, 5) is 17.7. The largest absolute Gasteiger partial charge is 0.451 e. The molecule has 2 aromatic heterocycles. The van der Waals surface area contributed by atoms with Crippen molar-refractivity contribution < 1.29 is 13.6 Å². The summed E-state index contributed by atoms with van der Waals surface area (Å²) in [5.41, 5.74) is 2.72. The van der Waals surface area contributed by atoms with E-state index in [2.05, 4.69) is 35.4 Å². The third-order valence-electron chi connectivity index (χ3n) is 4.20. The van der Waals surface area contributed by atoms with Gasteiger partial charge in [0.05, 0.1) is 5.56 Å². The number of hydrogen-bond acceptors (Lipinski definition) is 4. The van der Waals surface area contributed by atoms with Crippen LogP contribution in [-0.2, 0) is 6.42 Å². The van der Waals surface area contributed by atoms with E-state index in [0.29, 0.717) is 16.5 Å². The molecule has 0 spiro atoms. The van der Waals surface area contributed by atoms with Crippen LogP contribution in [0, 0.1) is 12.7 Å². The third-order valence-corrected chi connectivity index (χ3v) is 5.12. The van der Waals surface area contributed by atoms with Gasteiger partial charge in [-0.3, -0.25) is 10.1 Å². The van der Waals surface area contributed by atoms with Crippen molar-refractivity contribution in [3.05, 3.63) is 94.4 Å². The molecule has 0 saturated carbocycles. The molecule has 4 aromatic rings. The molecule has 28 heavy (non-hydrogen) atoms. The maximum absolute atomic E-state index is 13.9. The molecule has 0 atom stereocenters. The molecule has 0 aliphatic heterocycles. The Morgan fingerprint density at radius 1 is 1.14 bits per heavy atom. The summed E-state index contributed by atoms with van der Waals surface area (Å²) in [6, 6.07) is 17.7. The summed E-state index contributed by atoms with van der Waals surface area (Å²) < 4.78 is 19.4. The highest BCUT2D eigenvalue weighted by Crippen LogP contribution is 2.26. The van der Waals surface area contributed by atoms with Crippen LogP contribution >= 0.6 is 11.3 Å². The van der Waals surface area contributed by atoms with Crippen LogP contribution in [-0.4, -0.2) is 10.9 Å². The first-order chi connectivity index (χ1) is 13.6. The van der Waals surface area contributed by atoms with Gasteiger partial charge < -0.3 is 4.42 Å². The number of hydrogen-bond donors (Lipinski definition) is 1. The van der Waals surface area contributed by atoms with E-state index in [1.54, 1.807) is 30.5 Å². The Balaban J connectivity index is 1.45. The lowest BCUT2D eigenvalue weighted by Gasteiger charge is -2.00. The number of anilines is 1. The van der Waals surface area contributed by atoms with E-state index in [1.807, 2.05) is 6.07 Å². The number of halogens is 1. The number of carbonyl (C=O) groups excluding carboxylic acids is 1. The van der Waals surface area contributed by atoms with E-state index >= 15 is 0 Å². The van der Waals surface area contributed by atoms with Gasteiger partial charge >= 0.3 is 0 Å². The van der Waals surface area contributed by atoms with Crippen LogP contribution in [0.4, 0.5) is 9.52 Å². The number of nitrogens with zero attached hydrogens (tertiary/aromatic N) is 1. The predicted molar refractivity (Wildman–Crippen MR) is 108 cm³/mol. The molecule has 4 rings (SSSR count). The van der Waals surface area contributed by atoms with Gasteiger partial charge in [-0.05, 0) is 36.8 Å². The average Bonchev–Trinajstić information content (AvgIpc) is 3.32. The molecule has 0 radical (unpaired) electrons. The van der Waals surface area contributed by atoms with Crippen molar-refractivity contribution >= 4 is 22.4 Å². The Morgan fingerprint density at radius 2 is 2.00 bits per heavy atom. The summed E-state index contributed by atoms with van der Waals surface area (Å²) >= 11 is 1.42. The Labute approximate surface area is 165 Å². The quantitative estimate of drug-likeness (QED) is 0.474. The minimum absolute atomic E-state index is 0.105. The standard InChI is InChI=1S/C22H17FN2O2S/c1-14-5-4-6-15(11-14)12-16-13-24-22(28-16)25-21(26)20-10-9-19(27-20)17-7-2-3-8-18(17)23/h2-11,13H,12H2,1H3,(H,24,25,26). The third kappa shape index (κ3) is 4.02. The van der Waals surface area contributed by atoms with E-state index < -0.39 is 11.7 Å². The molecule has 4 nitrogen and oxygen atoms in total. The van der Waals surface area contributed by atoms with E-state index in [0.717, 1.165) is 11.3 Å². The highest BCUT2D eigenvalue weighted by Gasteiger charge is 2.16. The molecule has 6 heteroatoms. The van der Waals surface area contributed by atoms with E-state index in [-0.39, 0.29) is 5.76 Å². The molecule has 0 aliphatic rings. The maximum atomic E-state index is 13.9. The fourth-order valence-electron chi connectivity index (χ4n) is 2.89. The Morgan fingerprint density at radius 3 is 2.82 bits per heavy atom. The first-order valence-electron chi connectivity index (χ1n) is 8.75. The van der Waals surface area contributed by atoms with Crippen LogP contribution in [0.1, 0.15) is 26.6 Å². The first-order valence-corrected chi connectivity index (χ1v) is 9.56. The van der Waals surface area contributed by atoms with Crippen LogP contribution in [0.15, 0.2) is 71.3 Å². The van der Waals surface area contributed by atoms with Crippen LogP contribution in [0.25, 0.3) is 11.3 Å². The van der Waals surface area contributed by atoms with Crippen LogP contribution < -0.4 is 5.32 Å². The molecule has 1 amide bonds.